The van der Waals surface area contributed by atoms with Gasteiger partial charge in [-0.05, 0) is 56.8 Å². The number of ether oxygens (including phenoxy) is 1. The molecule has 1 heterocycles. The van der Waals surface area contributed by atoms with Crippen LogP contribution in [0.4, 0.5) is 0 Å². The summed E-state index contributed by atoms with van der Waals surface area (Å²) in [6.07, 6.45) is 5.83. The zero-order valence-corrected chi connectivity index (χ0v) is 15.7. The van der Waals surface area contributed by atoms with Crippen molar-refractivity contribution in [3.63, 3.8) is 0 Å². The van der Waals surface area contributed by atoms with E-state index in [1.54, 1.807) is 0 Å². The van der Waals surface area contributed by atoms with Crippen LogP contribution in [-0.4, -0.2) is 49.3 Å². The van der Waals surface area contributed by atoms with Crippen LogP contribution >= 0.6 is 11.6 Å². The van der Waals surface area contributed by atoms with Crippen LogP contribution in [0.3, 0.4) is 0 Å². The summed E-state index contributed by atoms with van der Waals surface area (Å²) in [4.78, 5) is 24.4. The zero-order valence-electron chi connectivity index (χ0n) is 14.1. The maximum atomic E-state index is 12.7. The predicted molar refractivity (Wildman–Crippen MR) is 91.9 cm³/mol. The summed E-state index contributed by atoms with van der Waals surface area (Å²) < 4.78 is 28.2. The summed E-state index contributed by atoms with van der Waals surface area (Å²) in [7, 11) is -3.05. The minimum absolute atomic E-state index is 0.0330. The number of alkyl halides is 1. The van der Waals surface area contributed by atoms with Gasteiger partial charge in [-0.3, -0.25) is 9.59 Å². The molecule has 0 spiro atoms. The molecule has 2 unspecified atom stereocenters. The lowest BCUT2D eigenvalue weighted by Crippen LogP contribution is -2.56. The molecule has 1 aliphatic heterocycles. The van der Waals surface area contributed by atoms with Crippen molar-refractivity contribution in [1.29, 1.82) is 0 Å². The fourth-order valence-corrected chi connectivity index (χ4v) is 8.22. The van der Waals surface area contributed by atoms with Crippen LogP contribution in [0.15, 0.2) is 0 Å². The molecule has 8 heteroatoms. The molecule has 0 aromatic heterocycles. The number of carbonyl (C=O) groups is 2. The number of hydrogen-bond acceptors (Lipinski definition) is 5. The minimum Gasteiger partial charge on any atom is -0.455 e. The van der Waals surface area contributed by atoms with Gasteiger partial charge in [-0.1, -0.05) is 0 Å². The molecule has 0 aromatic rings. The number of sulfone groups is 1. The second kappa shape index (κ2) is 5.84. The number of esters is 1. The quantitative estimate of drug-likeness (QED) is 0.580. The monoisotopic (exact) mass is 389 g/mol. The van der Waals surface area contributed by atoms with E-state index in [-0.39, 0.29) is 35.0 Å². The third-order valence-corrected chi connectivity index (χ3v) is 8.56. The van der Waals surface area contributed by atoms with Crippen molar-refractivity contribution < 1.29 is 22.7 Å². The molecule has 6 nitrogen and oxygen atoms in total. The predicted octanol–water partition coefficient (Wildman–Crippen LogP) is 1.41. The molecule has 1 amide bonds. The molecule has 4 aliphatic carbocycles. The number of rotatable bonds is 4. The van der Waals surface area contributed by atoms with Crippen molar-refractivity contribution in [2.24, 2.45) is 17.3 Å². The van der Waals surface area contributed by atoms with E-state index in [2.05, 4.69) is 5.32 Å². The third-order valence-electron chi connectivity index (χ3n) is 6.35. The lowest BCUT2D eigenvalue weighted by atomic mass is 9.49. The first-order chi connectivity index (χ1) is 11.7. The van der Waals surface area contributed by atoms with E-state index < -0.39 is 21.2 Å². The van der Waals surface area contributed by atoms with Crippen LogP contribution in [-0.2, 0) is 24.2 Å². The summed E-state index contributed by atoms with van der Waals surface area (Å²) in [6, 6.07) is -0.373. The molecular formula is C17H24ClNO5S. The average Bonchev–Trinajstić information content (AvgIpc) is 2.81. The molecule has 0 radical (unpaired) electrons. The van der Waals surface area contributed by atoms with Crippen molar-refractivity contribution in [2.45, 2.75) is 55.9 Å². The van der Waals surface area contributed by atoms with Gasteiger partial charge in [0.05, 0.1) is 16.9 Å². The average molecular weight is 390 g/mol. The molecule has 1 N–H and O–H groups in total. The highest BCUT2D eigenvalue weighted by Gasteiger charge is 2.60. The Labute approximate surface area is 152 Å². The van der Waals surface area contributed by atoms with E-state index in [0.29, 0.717) is 24.7 Å². The van der Waals surface area contributed by atoms with Gasteiger partial charge in [0.1, 0.15) is 0 Å². The van der Waals surface area contributed by atoms with E-state index in [1.165, 1.54) is 0 Å². The first kappa shape index (κ1) is 17.6. The number of hydrogen-bond donors (Lipinski definition) is 1. The Hall–Kier alpha value is -0.820. The molecule has 140 valence electrons. The van der Waals surface area contributed by atoms with E-state index in [4.69, 9.17) is 16.3 Å². The molecule has 4 bridgehead atoms. The van der Waals surface area contributed by atoms with Gasteiger partial charge in [0.2, 0.25) is 0 Å². The van der Waals surface area contributed by atoms with Crippen molar-refractivity contribution in [2.75, 3.05) is 18.1 Å². The normalized spacial score (nSPS) is 43.8. The second-order valence-corrected chi connectivity index (χ2v) is 11.7. The van der Waals surface area contributed by atoms with Gasteiger partial charge in [0.25, 0.3) is 5.91 Å². The van der Waals surface area contributed by atoms with Crippen LogP contribution in [0.25, 0.3) is 0 Å². The summed E-state index contributed by atoms with van der Waals surface area (Å²) in [6.45, 7) is -0.345. The fourth-order valence-electron chi connectivity index (χ4n) is 5.85. The van der Waals surface area contributed by atoms with Gasteiger partial charge < -0.3 is 10.1 Å². The van der Waals surface area contributed by atoms with Gasteiger partial charge in [-0.25, -0.2) is 8.42 Å². The van der Waals surface area contributed by atoms with Crippen molar-refractivity contribution in [1.82, 2.24) is 5.32 Å². The minimum atomic E-state index is -3.05. The van der Waals surface area contributed by atoms with Gasteiger partial charge in [-0.15, -0.1) is 11.6 Å². The highest BCUT2D eigenvalue weighted by atomic mass is 35.5. The Morgan fingerprint density at radius 3 is 2.40 bits per heavy atom. The van der Waals surface area contributed by atoms with E-state index in [1.807, 2.05) is 0 Å². The number of amides is 1. The third kappa shape index (κ3) is 3.42. The first-order valence-corrected chi connectivity index (χ1v) is 11.2. The Balaban J connectivity index is 1.33. The SMILES string of the molecule is O=C(COC(=O)C12C[C@@H]3C[C@@H](CC(Cl)(C3)C1)C2)N[C@@H]1CCS(=O)(=O)C1. The highest BCUT2D eigenvalue weighted by molar-refractivity contribution is 7.91. The smallest absolute Gasteiger partial charge is 0.312 e. The topological polar surface area (TPSA) is 89.5 Å². The standard InChI is InChI=1S/C17H24ClNO5S/c18-17-6-11-3-12(7-17)5-16(4-11,10-17)15(21)24-8-14(20)19-13-1-2-25(22,23)9-13/h11-13H,1-10H2,(H,19,20)/t11-,12+,13-,16?,17?/m1/s1. The fraction of sp³-hybridized carbons (Fsp3) is 0.882. The summed E-state index contributed by atoms with van der Waals surface area (Å²) in [5.74, 6) is 0.310. The zero-order chi connectivity index (χ0) is 17.9. The molecular weight excluding hydrogens is 366 g/mol. The van der Waals surface area contributed by atoms with Crippen molar-refractivity contribution in [3.05, 3.63) is 0 Å². The maximum Gasteiger partial charge on any atom is 0.312 e. The highest BCUT2D eigenvalue weighted by Crippen LogP contribution is 2.64. The summed E-state index contributed by atoms with van der Waals surface area (Å²) in [5.41, 5.74) is -0.525. The van der Waals surface area contributed by atoms with E-state index >= 15 is 0 Å². The van der Waals surface area contributed by atoms with Crippen LogP contribution in [0, 0.1) is 17.3 Å². The van der Waals surface area contributed by atoms with Crippen LogP contribution in [0.5, 0.6) is 0 Å². The largest absolute Gasteiger partial charge is 0.455 e. The molecule has 25 heavy (non-hydrogen) atoms. The molecule has 0 aromatic carbocycles. The lowest BCUT2D eigenvalue weighted by molar-refractivity contribution is -0.171. The Morgan fingerprint density at radius 2 is 1.84 bits per heavy atom. The lowest BCUT2D eigenvalue weighted by Gasteiger charge is -2.58. The number of nitrogens with one attached hydrogen (secondary N) is 1. The molecule has 4 saturated carbocycles. The molecule has 5 aliphatic rings. The second-order valence-electron chi connectivity index (χ2n) is 8.64. The summed E-state index contributed by atoms with van der Waals surface area (Å²) >= 11 is 6.72. The van der Waals surface area contributed by atoms with Gasteiger partial charge >= 0.3 is 5.97 Å². The first-order valence-electron chi connectivity index (χ1n) is 9.03. The van der Waals surface area contributed by atoms with E-state index in [0.717, 1.165) is 32.1 Å². The number of carbonyl (C=O) groups excluding carboxylic acids is 2. The summed E-state index contributed by atoms with van der Waals surface area (Å²) in [5, 5.41) is 2.65. The van der Waals surface area contributed by atoms with Gasteiger partial charge in [-0.2, -0.15) is 0 Å². The van der Waals surface area contributed by atoms with Crippen LogP contribution < -0.4 is 5.32 Å². The number of halogens is 1. The maximum absolute atomic E-state index is 12.7. The van der Waals surface area contributed by atoms with E-state index in [9.17, 15) is 18.0 Å². The van der Waals surface area contributed by atoms with Gasteiger partial charge in [0.15, 0.2) is 16.4 Å². The Kier molecular flexibility index (Phi) is 4.11. The van der Waals surface area contributed by atoms with Crippen molar-refractivity contribution in [3.8, 4) is 0 Å². The molecule has 5 rings (SSSR count). The Morgan fingerprint density at radius 1 is 1.16 bits per heavy atom. The van der Waals surface area contributed by atoms with Gasteiger partial charge in [0, 0.05) is 10.9 Å². The van der Waals surface area contributed by atoms with Crippen LogP contribution in [0.2, 0.25) is 0 Å². The Bertz CT molecular complexity index is 692. The van der Waals surface area contributed by atoms with Crippen LogP contribution in [0.1, 0.15) is 44.9 Å². The van der Waals surface area contributed by atoms with Crippen molar-refractivity contribution >= 4 is 33.3 Å². The molecule has 1 saturated heterocycles. The molecule has 5 atom stereocenters. The molecule has 5 fully saturated rings.